The number of amides is 2. The van der Waals surface area contributed by atoms with Crippen LogP contribution < -0.4 is 16.2 Å². The number of hydrogen-bond donors (Lipinski definition) is 2. The van der Waals surface area contributed by atoms with E-state index in [9.17, 15) is 9.59 Å². The van der Waals surface area contributed by atoms with E-state index in [0.717, 1.165) is 24.0 Å². The molecule has 3 rings (SSSR count). The highest BCUT2D eigenvalue weighted by atomic mass is 16.5. The first kappa shape index (κ1) is 17.2. The minimum atomic E-state index is -0.407. The summed E-state index contributed by atoms with van der Waals surface area (Å²) in [6.45, 7) is 2.50. The average Bonchev–Trinajstić information content (AvgIpc) is 3.15. The van der Waals surface area contributed by atoms with Gasteiger partial charge in [0.1, 0.15) is 5.69 Å². The second-order valence-electron chi connectivity index (χ2n) is 6.33. The minimum absolute atomic E-state index is 0.0622. The number of rotatable bonds is 4. The molecule has 2 unspecified atom stereocenters. The van der Waals surface area contributed by atoms with Gasteiger partial charge in [-0.15, -0.1) is 0 Å². The molecule has 1 aromatic heterocycles. The Hall–Kier alpha value is -2.60. The molecule has 0 spiro atoms. The lowest BCUT2D eigenvalue weighted by Gasteiger charge is -2.25. The van der Waals surface area contributed by atoms with Crippen LogP contribution in [0.3, 0.4) is 0 Å². The lowest BCUT2D eigenvalue weighted by molar-refractivity contribution is 0.0815. The summed E-state index contributed by atoms with van der Waals surface area (Å²) in [7, 11) is 1.66. The molecule has 132 valence electrons. The number of carbonyl (C=O) groups excluding carboxylic acids is 1. The first-order valence-corrected chi connectivity index (χ1v) is 8.46. The quantitative estimate of drug-likeness (QED) is 0.898. The molecule has 1 aliphatic heterocycles. The summed E-state index contributed by atoms with van der Waals surface area (Å²) in [4.78, 5) is 24.8. The molecule has 2 atom stereocenters. The number of aromatic nitrogens is 1. The Balaban J connectivity index is 1.79. The van der Waals surface area contributed by atoms with Crippen molar-refractivity contribution in [1.82, 2.24) is 9.88 Å². The number of carbonyl (C=O) groups is 1. The molecule has 2 amide bonds. The summed E-state index contributed by atoms with van der Waals surface area (Å²) in [5, 5.41) is 5.68. The number of ether oxygens (including phenoxy) is 1. The third kappa shape index (κ3) is 3.91. The molecule has 0 aliphatic carbocycles. The minimum Gasteiger partial charge on any atom is -0.376 e. The van der Waals surface area contributed by atoms with Crippen LogP contribution in [0.1, 0.15) is 30.0 Å². The van der Waals surface area contributed by atoms with Crippen LogP contribution in [0.5, 0.6) is 0 Å². The number of aryl methyl sites for hydroxylation is 2. The van der Waals surface area contributed by atoms with Gasteiger partial charge in [0.15, 0.2) is 0 Å². The number of nitrogens with zero attached hydrogens (tertiary/aromatic N) is 1. The maximum Gasteiger partial charge on any atom is 0.319 e. The normalized spacial score (nSPS) is 17.9. The van der Waals surface area contributed by atoms with Crippen molar-refractivity contribution in [2.45, 2.75) is 31.9 Å². The van der Waals surface area contributed by atoms with Crippen molar-refractivity contribution in [2.75, 3.05) is 11.9 Å². The number of urea groups is 1. The van der Waals surface area contributed by atoms with Crippen molar-refractivity contribution in [3.63, 3.8) is 0 Å². The van der Waals surface area contributed by atoms with Gasteiger partial charge < -0.3 is 19.9 Å². The SMILES string of the molecule is Cc1ccn(C)c(=O)c1NC(=O)NC(c1ccccc1)C1CCCO1. The summed E-state index contributed by atoms with van der Waals surface area (Å²) in [6, 6.07) is 10.9. The van der Waals surface area contributed by atoms with E-state index in [2.05, 4.69) is 10.6 Å². The standard InChI is InChI=1S/C19H23N3O3/c1-13-10-11-22(2)18(23)16(13)20-19(24)21-17(15-9-6-12-25-15)14-7-4-3-5-8-14/h3-5,7-8,10-11,15,17H,6,9,12H2,1-2H3,(H2,20,21,24). The summed E-state index contributed by atoms with van der Waals surface area (Å²) < 4.78 is 7.22. The predicted molar refractivity (Wildman–Crippen MR) is 96.7 cm³/mol. The molecule has 1 aromatic carbocycles. The zero-order valence-corrected chi connectivity index (χ0v) is 14.5. The van der Waals surface area contributed by atoms with Crippen molar-refractivity contribution in [3.05, 3.63) is 64.1 Å². The second-order valence-corrected chi connectivity index (χ2v) is 6.33. The molecular weight excluding hydrogens is 318 g/mol. The molecule has 1 fully saturated rings. The van der Waals surface area contributed by atoms with Gasteiger partial charge in [0.25, 0.3) is 5.56 Å². The predicted octanol–water partition coefficient (Wildman–Crippen LogP) is 2.74. The average molecular weight is 341 g/mol. The van der Waals surface area contributed by atoms with Gasteiger partial charge in [0.05, 0.1) is 12.1 Å². The Morgan fingerprint density at radius 2 is 2.04 bits per heavy atom. The number of hydrogen-bond acceptors (Lipinski definition) is 3. The monoisotopic (exact) mass is 341 g/mol. The molecule has 1 saturated heterocycles. The van der Waals surface area contributed by atoms with E-state index in [1.807, 2.05) is 30.3 Å². The molecule has 6 heteroatoms. The maximum atomic E-state index is 12.5. The second kappa shape index (κ2) is 7.53. The van der Waals surface area contributed by atoms with E-state index >= 15 is 0 Å². The van der Waals surface area contributed by atoms with Gasteiger partial charge in [-0.25, -0.2) is 4.79 Å². The largest absolute Gasteiger partial charge is 0.376 e. The highest BCUT2D eigenvalue weighted by Gasteiger charge is 2.29. The fourth-order valence-corrected chi connectivity index (χ4v) is 3.08. The van der Waals surface area contributed by atoms with Gasteiger partial charge >= 0.3 is 6.03 Å². The number of benzene rings is 1. The summed E-state index contributed by atoms with van der Waals surface area (Å²) in [5.74, 6) is 0. The zero-order valence-electron chi connectivity index (χ0n) is 14.5. The van der Waals surface area contributed by atoms with Crippen molar-refractivity contribution < 1.29 is 9.53 Å². The summed E-state index contributed by atoms with van der Waals surface area (Å²) >= 11 is 0. The van der Waals surface area contributed by atoms with Crippen LogP contribution >= 0.6 is 0 Å². The highest BCUT2D eigenvalue weighted by Crippen LogP contribution is 2.27. The zero-order chi connectivity index (χ0) is 17.8. The maximum absolute atomic E-state index is 12.5. The van der Waals surface area contributed by atoms with Crippen LogP contribution in [0.25, 0.3) is 0 Å². The topological polar surface area (TPSA) is 72.4 Å². The Kier molecular flexibility index (Phi) is 5.19. The van der Waals surface area contributed by atoms with Gasteiger partial charge in [-0.2, -0.15) is 0 Å². The lowest BCUT2D eigenvalue weighted by atomic mass is 9.99. The number of anilines is 1. The summed E-state index contributed by atoms with van der Waals surface area (Å²) in [5.41, 5.74) is 1.78. The van der Waals surface area contributed by atoms with Crippen molar-refractivity contribution >= 4 is 11.7 Å². The molecule has 0 bridgehead atoms. The molecule has 1 aliphatic rings. The van der Waals surface area contributed by atoms with Crippen molar-refractivity contribution in [2.24, 2.45) is 7.05 Å². The third-order valence-corrected chi connectivity index (χ3v) is 4.50. The van der Waals surface area contributed by atoms with E-state index in [4.69, 9.17) is 4.74 Å². The Bertz CT molecular complexity index is 795. The molecule has 2 N–H and O–H groups in total. The van der Waals surface area contributed by atoms with Crippen molar-refractivity contribution in [1.29, 1.82) is 0 Å². The van der Waals surface area contributed by atoms with E-state index in [1.54, 1.807) is 26.2 Å². The summed E-state index contributed by atoms with van der Waals surface area (Å²) in [6.07, 6.45) is 3.49. The molecular formula is C19H23N3O3. The fraction of sp³-hybridized carbons (Fsp3) is 0.368. The smallest absolute Gasteiger partial charge is 0.319 e. The van der Waals surface area contributed by atoms with E-state index in [0.29, 0.717) is 12.3 Å². The number of nitrogens with one attached hydrogen (secondary N) is 2. The Labute approximate surface area is 146 Å². The number of pyridine rings is 1. The molecule has 0 saturated carbocycles. The van der Waals surface area contributed by atoms with Gasteiger partial charge in [-0.3, -0.25) is 4.79 Å². The molecule has 2 heterocycles. The molecule has 0 radical (unpaired) electrons. The van der Waals surface area contributed by atoms with Crippen LogP contribution in [0, 0.1) is 6.92 Å². The Morgan fingerprint density at radius 1 is 1.28 bits per heavy atom. The Morgan fingerprint density at radius 3 is 2.72 bits per heavy atom. The van der Waals surface area contributed by atoms with Gasteiger partial charge in [-0.1, -0.05) is 30.3 Å². The molecule has 25 heavy (non-hydrogen) atoms. The van der Waals surface area contributed by atoms with Crippen LogP contribution in [-0.4, -0.2) is 23.3 Å². The van der Waals surface area contributed by atoms with Gasteiger partial charge in [-0.05, 0) is 37.0 Å². The van der Waals surface area contributed by atoms with Gasteiger partial charge in [0.2, 0.25) is 0 Å². The van der Waals surface area contributed by atoms with Crippen LogP contribution in [0.15, 0.2) is 47.4 Å². The van der Waals surface area contributed by atoms with Crippen LogP contribution in [0.2, 0.25) is 0 Å². The first-order valence-electron chi connectivity index (χ1n) is 8.46. The van der Waals surface area contributed by atoms with E-state index in [-0.39, 0.29) is 17.7 Å². The third-order valence-electron chi connectivity index (χ3n) is 4.50. The molecule has 2 aromatic rings. The van der Waals surface area contributed by atoms with Crippen LogP contribution in [0.4, 0.5) is 10.5 Å². The van der Waals surface area contributed by atoms with Gasteiger partial charge in [0, 0.05) is 19.9 Å². The van der Waals surface area contributed by atoms with Crippen molar-refractivity contribution in [3.8, 4) is 0 Å². The first-order chi connectivity index (χ1) is 12.1. The van der Waals surface area contributed by atoms with Crippen LogP contribution in [-0.2, 0) is 11.8 Å². The molecule has 6 nitrogen and oxygen atoms in total. The van der Waals surface area contributed by atoms with E-state index in [1.165, 1.54) is 4.57 Å². The highest BCUT2D eigenvalue weighted by molar-refractivity contribution is 5.90. The lowest BCUT2D eigenvalue weighted by Crippen LogP contribution is -2.40. The van der Waals surface area contributed by atoms with E-state index < -0.39 is 6.03 Å². The fourth-order valence-electron chi connectivity index (χ4n) is 3.08.